The molecule has 10 heteroatoms. The third-order valence-corrected chi connectivity index (χ3v) is 4.58. The summed E-state index contributed by atoms with van der Waals surface area (Å²) in [7, 11) is 0. The highest BCUT2D eigenvalue weighted by Crippen LogP contribution is 2.16. The second-order valence-corrected chi connectivity index (χ2v) is 8.84. The number of alkyl halides is 2. The number of halogens is 2. The van der Waals surface area contributed by atoms with Gasteiger partial charge in [0.05, 0.1) is 0 Å². The monoisotopic (exact) mass is 491 g/mol. The molecule has 0 aromatic heterocycles. The van der Waals surface area contributed by atoms with Gasteiger partial charge >= 0.3 is 12.7 Å². The van der Waals surface area contributed by atoms with Crippen LogP contribution in [0.3, 0.4) is 0 Å². The Kier molecular flexibility index (Phi) is 9.98. The van der Waals surface area contributed by atoms with E-state index in [2.05, 4.69) is 20.7 Å². The van der Waals surface area contributed by atoms with Crippen LogP contribution in [0.1, 0.15) is 38.8 Å². The molecule has 1 unspecified atom stereocenters. The van der Waals surface area contributed by atoms with E-state index in [0.29, 0.717) is 24.2 Å². The number of alkyl carbamates (subject to hydrolysis) is 1. The second kappa shape index (κ2) is 12.7. The minimum Gasteiger partial charge on any atom is -0.444 e. The first kappa shape index (κ1) is 27.6. The fourth-order valence-corrected chi connectivity index (χ4v) is 3.11. The lowest BCUT2D eigenvalue weighted by Gasteiger charge is -2.23. The zero-order valence-corrected chi connectivity index (χ0v) is 20.2. The molecule has 0 saturated carbocycles. The third kappa shape index (κ3) is 10.9. The van der Waals surface area contributed by atoms with Crippen molar-refractivity contribution in [2.75, 3.05) is 11.9 Å². The van der Waals surface area contributed by atoms with Gasteiger partial charge in [0.1, 0.15) is 17.4 Å². The van der Waals surface area contributed by atoms with Crippen molar-refractivity contribution in [3.05, 3.63) is 59.7 Å². The van der Waals surface area contributed by atoms with Gasteiger partial charge < -0.3 is 25.4 Å². The number of rotatable bonds is 10. The van der Waals surface area contributed by atoms with E-state index in [-0.39, 0.29) is 18.1 Å². The van der Waals surface area contributed by atoms with Crippen LogP contribution in [-0.2, 0) is 27.2 Å². The molecule has 0 bridgehead atoms. The Balaban J connectivity index is 2.00. The van der Waals surface area contributed by atoms with Crippen LogP contribution >= 0.6 is 0 Å². The van der Waals surface area contributed by atoms with Crippen LogP contribution in [0.4, 0.5) is 19.3 Å². The van der Waals surface area contributed by atoms with E-state index in [1.807, 2.05) is 12.1 Å². The number of carbonyl (C=O) groups excluding carboxylic acids is 3. The van der Waals surface area contributed by atoms with Gasteiger partial charge in [-0.15, -0.1) is 0 Å². The summed E-state index contributed by atoms with van der Waals surface area (Å²) in [4.78, 5) is 36.3. The average Bonchev–Trinajstić information content (AvgIpc) is 2.73. The van der Waals surface area contributed by atoms with Crippen LogP contribution in [0.5, 0.6) is 5.75 Å². The van der Waals surface area contributed by atoms with E-state index in [9.17, 15) is 23.2 Å². The van der Waals surface area contributed by atoms with Crippen LogP contribution in [-0.4, -0.2) is 42.7 Å². The smallest absolute Gasteiger partial charge is 0.408 e. The van der Waals surface area contributed by atoms with Crippen molar-refractivity contribution in [1.29, 1.82) is 0 Å². The summed E-state index contributed by atoms with van der Waals surface area (Å²) in [6.45, 7) is 3.93. The topological polar surface area (TPSA) is 106 Å². The molecule has 3 amide bonds. The van der Waals surface area contributed by atoms with E-state index in [1.54, 1.807) is 45.0 Å². The van der Waals surface area contributed by atoms with Crippen molar-refractivity contribution in [2.45, 2.75) is 58.8 Å². The van der Waals surface area contributed by atoms with Crippen LogP contribution in [0.25, 0.3) is 0 Å². The molecule has 2 aromatic carbocycles. The first-order valence-corrected chi connectivity index (χ1v) is 11.1. The number of nitrogens with one attached hydrogen (secondary N) is 3. The molecular formula is C25H31F2N3O5. The standard InChI is InChI=1S/C25H31F2N3O5/c1-16(31)29-19-9-5-17(6-10-19)13-14-28-22(32)21(30-24(33)35-25(2,3)4)15-18-7-11-20(12-8-18)34-23(26)27/h5-12,21,23H,13-15H2,1-4H3,(H,28,32)(H,29,31)(H,30,33). The summed E-state index contributed by atoms with van der Waals surface area (Å²) < 4.78 is 34.4. The van der Waals surface area contributed by atoms with Crippen molar-refractivity contribution < 1.29 is 32.6 Å². The van der Waals surface area contributed by atoms with Crippen molar-refractivity contribution in [3.63, 3.8) is 0 Å². The maximum Gasteiger partial charge on any atom is 0.408 e. The fourth-order valence-electron chi connectivity index (χ4n) is 3.11. The van der Waals surface area contributed by atoms with Gasteiger partial charge in [-0.1, -0.05) is 24.3 Å². The number of hydrogen-bond acceptors (Lipinski definition) is 5. The SMILES string of the molecule is CC(=O)Nc1ccc(CCNC(=O)C(Cc2ccc(OC(F)F)cc2)NC(=O)OC(C)(C)C)cc1. The van der Waals surface area contributed by atoms with Crippen molar-refractivity contribution >= 4 is 23.6 Å². The Bertz CT molecular complexity index is 990. The van der Waals surface area contributed by atoms with Gasteiger partial charge in [0.25, 0.3) is 0 Å². The molecule has 190 valence electrons. The molecule has 0 spiro atoms. The molecule has 0 aliphatic carbocycles. The minimum absolute atomic E-state index is 0.00521. The number of anilines is 1. The molecular weight excluding hydrogens is 460 g/mol. The molecule has 0 heterocycles. The van der Waals surface area contributed by atoms with Crippen LogP contribution in [0.15, 0.2) is 48.5 Å². The molecule has 0 saturated heterocycles. The van der Waals surface area contributed by atoms with Gasteiger partial charge in [0.2, 0.25) is 11.8 Å². The lowest BCUT2D eigenvalue weighted by molar-refractivity contribution is -0.123. The largest absolute Gasteiger partial charge is 0.444 e. The van der Waals surface area contributed by atoms with Crippen molar-refractivity contribution in [2.24, 2.45) is 0 Å². The predicted molar refractivity (Wildman–Crippen MR) is 127 cm³/mol. The highest BCUT2D eigenvalue weighted by Gasteiger charge is 2.24. The van der Waals surface area contributed by atoms with Gasteiger partial charge in [-0.3, -0.25) is 9.59 Å². The minimum atomic E-state index is -2.94. The molecule has 0 fully saturated rings. The van der Waals surface area contributed by atoms with Gasteiger partial charge in [-0.05, 0) is 62.6 Å². The molecule has 8 nitrogen and oxygen atoms in total. The lowest BCUT2D eigenvalue weighted by Crippen LogP contribution is -2.49. The van der Waals surface area contributed by atoms with Gasteiger partial charge in [-0.2, -0.15) is 8.78 Å². The third-order valence-electron chi connectivity index (χ3n) is 4.58. The molecule has 35 heavy (non-hydrogen) atoms. The van der Waals surface area contributed by atoms with E-state index in [0.717, 1.165) is 5.56 Å². The van der Waals surface area contributed by atoms with Gasteiger partial charge in [0, 0.05) is 25.6 Å². The summed E-state index contributed by atoms with van der Waals surface area (Å²) in [5, 5.41) is 8.07. The Morgan fingerprint density at radius 1 is 0.943 bits per heavy atom. The Morgan fingerprint density at radius 2 is 1.54 bits per heavy atom. The molecule has 2 rings (SSSR count). The summed E-state index contributed by atoms with van der Waals surface area (Å²) in [6.07, 6.45) is -0.0973. The Morgan fingerprint density at radius 3 is 2.09 bits per heavy atom. The molecule has 3 N–H and O–H groups in total. The summed E-state index contributed by atoms with van der Waals surface area (Å²) in [5.74, 6) is -0.585. The Labute approximate surface area is 203 Å². The number of hydrogen-bond donors (Lipinski definition) is 3. The maximum atomic E-state index is 12.9. The first-order chi connectivity index (χ1) is 16.4. The molecule has 1 atom stereocenters. The Hall–Kier alpha value is -3.69. The highest BCUT2D eigenvalue weighted by atomic mass is 19.3. The van der Waals surface area contributed by atoms with E-state index in [4.69, 9.17) is 4.74 Å². The number of ether oxygens (including phenoxy) is 2. The van der Waals surface area contributed by atoms with Crippen molar-refractivity contribution in [3.8, 4) is 5.75 Å². The van der Waals surface area contributed by atoms with E-state index >= 15 is 0 Å². The van der Waals surface area contributed by atoms with Crippen molar-refractivity contribution in [1.82, 2.24) is 10.6 Å². The number of benzene rings is 2. The molecule has 0 radical (unpaired) electrons. The summed E-state index contributed by atoms with van der Waals surface area (Å²) in [6, 6.07) is 12.1. The number of carbonyl (C=O) groups is 3. The predicted octanol–water partition coefficient (Wildman–Crippen LogP) is 4.04. The molecule has 0 aliphatic rings. The van der Waals surface area contributed by atoms with E-state index < -0.39 is 30.3 Å². The zero-order chi connectivity index (χ0) is 26.0. The summed E-state index contributed by atoms with van der Waals surface area (Å²) in [5.41, 5.74) is 1.52. The van der Waals surface area contributed by atoms with Crippen LogP contribution < -0.4 is 20.7 Å². The highest BCUT2D eigenvalue weighted by molar-refractivity contribution is 5.88. The quantitative estimate of drug-likeness (QED) is 0.465. The van der Waals surface area contributed by atoms with Crippen LogP contribution in [0.2, 0.25) is 0 Å². The normalized spacial score (nSPS) is 12.0. The average molecular weight is 492 g/mol. The first-order valence-electron chi connectivity index (χ1n) is 11.1. The second-order valence-electron chi connectivity index (χ2n) is 8.84. The maximum absolute atomic E-state index is 12.9. The fraction of sp³-hybridized carbons (Fsp3) is 0.400. The van der Waals surface area contributed by atoms with Gasteiger partial charge in [-0.25, -0.2) is 4.79 Å². The molecule has 2 aromatic rings. The lowest BCUT2D eigenvalue weighted by atomic mass is 10.0. The summed E-state index contributed by atoms with van der Waals surface area (Å²) >= 11 is 0. The van der Waals surface area contributed by atoms with Crippen LogP contribution in [0, 0.1) is 0 Å². The van der Waals surface area contributed by atoms with Gasteiger partial charge in [0.15, 0.2) is 0 Å². The molecule has 0 aliphatic heterocycles. The van der Waals surface area contributed by atoms with E-state index in [1.165, 1.54) is 19.1 Å². The number of amides is 3. The zero-order valence-electron chi connectivity index (χ0n) is 20.2.